The second-order valence-corrected chi connectivity index (χ2v) is 5.09. The fraction of sp³-hybridized carbons (Fsp3) is 0.333. The van der Waals surface area contributed by atoms with Gasteiger partial charge in [0, 0.05) is 23.4 Å². The molecule has 1 aromatic carbocycles. The fourth-order valence-electron chi connectivity index (χ4n) is 1.32. The number of hydrogen-bond donors (Lipinski definition) is 0. The maximum atomic E-state index is 5.82. The summed E-state index contributed by atoms with van der Waals surface area (Å²) in [4.78, 5) is 0. The molecule has 0 atom stereocenters. The van der Waals surface area contributed by atoms with Gasteiger partial charge in [0.05, 0.1) is 12.4 Å². The number of ether oxygens (including phenoxy) is 1. The van der Waals surface area contributed by atoms with Crippen molar-refractivity contribution in [1.82, 2.24) is 10.2 Å². The third kappa shape index (κ3) is 3.73. The van der Waals surface area contributed by atoms with Crippen molar-refractivity contribution >= 4 is 23.4 Å². The summed E-state index contributed by atoms with van der Waals surface area (Å²) in [6, 6.07) is 7.32. The van der Waals surface area contributed by atoms with E-state index in [0.29, 0.717) is 22.6 Å². The van der Waals surface area contributed by atoms with Crippen molar-refractivity contribution in [1.29, 1.82) is 0 Å². The van der Waals surface area contributed by atoms with Crippen molar-refractivity contribution in [2.24, 2.45) is 0 Å². The van der Waals surface area contributed by atoms with Crippen molar-refractivity contribution in [2.75, 3.05) is 19.5 Å². The van der Waals surface area contributed by atoms with Gasteiger partial charge < -0.3 is 9.15 Å². The quantitative estimate of drug-likeness (QED) is 0.762. The van der Waals surface area contributed by atoms with Crippen molar-refractivity contribution in [3.8, 4) is 11.5 Å². The second-order valence-electron chi connectivity index (χ2n) is 3.55. The van der Waals surface area contributed by atoms with Gasteiger partial charge in [0.2, 0.25) is 11.8 Å². The highest BCUT2D eigenvalue weighted by Gasteiger charge is 2.08. The molecule has 0 aliphatic carbocycles. The lowest BCUT2D eigenvalue weighted by Gasteiger charge is -1.96. The first-order chi connectivity index (χ1) is 8.79. The summed E-state index contributed by atoms with van der Waals surface area (Å²) in [5, 5.41) is 8.70. The molecule has 0 spiro atoms. The summed E-state index contributed by atoms with van der Waals surface area (Å²) in [5.74, 6) is 2.76. The summed E-state index contributed by atoms with van der Waals surface area (Å²) in [6.45, 7) is 0.725. The molecule has 0 unspecified atom stereocenters. The van der Waals surface area contributed by atoms with Crippen LogP contribution in [0.4, 0.5) is 0 Å². The van der Waals surface area contributed by atoms with Gasteiger partial charge in [-0.25, -0.2) is 0 Å². The summed E-state index contributed by atoms with van der Waals surface area (Å²) >= 11 is 7.52. The van der Waals surface area contributed by atoms with Gasteiger partial charge in [-0.3, -0.25) is 0 Å². The topological polar surface area (TPSA) is 48.2 Å². The zero-order valence-corrected chi connectivity index (χ0v) is 11.5. The number of methoxy groups -OCH3 is 1. The Morgan fingerprint density at radius 2 is 2.06 bits per heavy atom. The van der Waals surface area contributed by atoms with Crippen LogP contribution in [0.25, 0.3) is 11.5 Å². The SMILES string of the molecule is COCCSCc1nnc(-c2ccc(Cl)cc2)o1. The zero-order chi connectivity index (χ0) is 12.8. The van der Waals surface area contributed by atoms with E-state index in [1.807, 2.05) is 12.1 Å². The first kappa shape index (κ1) is 13.4. The van der Waals surface area contributed by atoms with Crippen LogP contribution in [0.5, 0.6) is 0 Å². The lowest BCUT2D eigenvalue weighted by Crippen LogP contribution is -1.92. The van der Waals surface area contributed by atoms with Gasteiger partial charge >= 0.3 is 0 Å². The minimum atomic E-state index is 0.522. The lowest BCUT2D eigenvalue weighted by atomic mass is 10.2. The van der Waals surface area contributed by atoms with Gasteiger partial charge in [-0.15, -0.1) is 22.0 Å². The molecular weight excluding hydrogens is 272 g/mol. The first-order valence-electron chi connectivity index (χ1n) is 5.44. The summed E-state index contributed by atoms with van der Waals surface area (Å²) in [7, 11) is 1.69. The van der Waals surface area contributed by atoms with Crippen molar-refractivity contribution in [2.45, 2.75) is 5.75 Å². The average molecular weight is 285 g/mol. The predicted molar refractivity (Wildman–Crippen MR) is 72.8 cm³/mol. The molecular formula is C12H13ClN2O2S. The lowest BCUT2D eigenvalue weighted by molar-refractivity contribution is 0.218. The number of aromatic nitrogens is 2. The summed E-state index contributed by atoms with van der Waals surface area (Å²) in [6.07, 6.45) is 0. The molecule has 2 rings (SSSR count). The Hall–Kier alpha value is -1.04. The average Bonchev–Trinajstić information content (AvgIpc) is 2.84. The van der Waals surface area contributed by atoms with Gasteiger partial charge in [-0.2, -0.15) is 0 Å². The van der Waals surface area contributed by atoms with Crippen LogP contribution in [-0.4, -0.2) is 29.7 Å². The maximum Gasteiger partial charge on any atom is 0.247 e. The van der Waals surface area contributed by atoms with E-state index >= 15 is 0 Å². The van der Waals surface area contributed by atoms with Crippen LogP contribution in [0.15, 0.2) is 28.7 Å². The summed E-state index contributed by atoms with van der Waals surface area (Å²) < 4.78 is 10.5. The van der Waals surface area contributed by atoms with Crippen LogP contribution < -0.4 is 0 Å². The number of rotatable bonds is 6. The smallest absolute Gasteiger partial charge is 0.247 e. The largest absolute Gasteiger partial charge is 0.420 e. The molecule has 0 fully saturated rings. The van der Waals surface area contributed by atoms with Crippen molar-refractivity contribution < 1.29 is 9.15 Å². The van der Waals surface area contributed by atoms with Crippen molar-refractivity contribution in [3.63, 3.8) is 0 Å². The predicted octanol–water partition coefficient (Wildman–Crippen LogP) is 3.27. The minimum absolute atomic E-state index is 0.522. The molecule has 1 aromatic heterocycles. The van der Waals surface area contributed by atoms with Gasteiger partial charge in [0.1, 0.15) is 0 Å². The van der Waals surface area contributed by atoms with Crippen molar-refractivity contribution in [3.05, 3.63) is 35.2 Å². The van der Waals surface area contributed by atoms with E-state index in [0.717, 1.165) is 17.9 Å². The van der Waals surface area contributed by atoms with E-state index < -0.39 is 0 Å². The van der Waals surface area contributed by atoms with Gasteiger partial charge in [0.15, 0.2) is 0 Å². The molecule has 0 saturated heterocycles. The third-order valence-electron chi connectivity index (χ3n) is 2.22. The van der Waals surface area contributed by atoms with Crippen LogP contribution in [0.1, 0.15) is 5.89 Å². The Kier molecular flexibility index (Phi) is 5.04. The molecule has 0 N–H and O–H groups in total. The number of nitrogens with zero attached hydrogens (tertiary/aromatic N) is 2. The Balaban J connectivity index is 1.95. The molecule has 2 aromatic rings. The van der Waals surface area contributed by atoms with Gasteiger partial charge in [-0.1, -0.05) is 11.6 Å². The van der Waals surface area contributed by atoms with E-state index in [4.69, 9.17) is 20.8 Å². The monoisotopic (exact) mass is 284 g/mol. The molecule has 0 aliphatic rings. The highest BCUT2D eigenvalue weighted by molar-refractivity contribution is 7.98. The van der Waals surface area contributed by atoms with E-state index in [1.54, 1.807) is 31.0 Å². The highest BCUT2D eigenvalue weighted by atomic mass is 35.5. The number of halogens is 1. The molecule has 0 amide bonds. The molecule has 4 nitrogen and oxygen atoms in total. The van der Waals surface area contributed by atoms with E-state index in [-0.39, 0.29) is 0 Å². The first-order valence-corrected chi connectivity index (χ1v) is 6.98. The molecule has 0 bridgehead atoms. The van der Waals surface area contributed by atoms with Crippen LogP contribution in [0.2, 0.25) is 5.02 Å². The van der Waals surface area contributed by atoms with Crippen LogP contribution in [0, 0.1) is 0 Å². The highest BCUT2D eigenvalue weighted by Crippen LogP contribution is 2.21. The maximum absolute atomic E-state index is 5.82. The standard InChI is InChI=1S/C12H13ClN2O2S/c1-16-6-7-18-8-11-14-15-12(17-11)9-2-4-10(13)5-3-9/h2-5H,6-8H2,1H3. The van der Waals surface area contributed by atoms with Crippen LogP contribution in [0.3, 0.4) is 0 Å². The molecule has 6 heteroatoms. The summed E-state index contributed by atoms with van der Waals surface area (Å²) in [5.41, 5.74) is 0.875. The third-order valence-corrected chi connectivity index (χ3v) is 3.37. The number of benzene rings is 1. The molecule has 0 radical (unpaired) electrons. The molecule has 0 aliphatic heterocycles. The Bertz CT molecular complexity index is 487. The van der Waals surface area contributed by atoms with Crippen LogP contribution >= 0.6 is 23.4 Å². The Labute approximate surface area is 115 Å². The van der Waals surface area contributed by atoms with E-state index in [2.05, 4.69) is 10.2 Å². The molecule has 0 saturated carbocycles. The molecule has 18 heavy (non-hydrogen) atoms. The Morgan fingerprint density at radius 1 is 1.28 bits per heavy atom. The van der Waals surface area contributed by atoms with E-state index in [9.17, 15) is 0 Å². The minimum Gasteiger partial charge on any atom is -0.420 e. The Morgan fingerprint density at radius 3 is 2.78 bits per heavy atom. The zero-order valence-electron chi connectivity index (χ0n) is 9.93. The second kappa shape index (κ2) is 6.78. The normalized spacial score (nSPS) is 10.8. The number of thioether (sulfide) groups is 1. The molecule has 96 valence electrons. The number of hydrogen-bond acceptors (Lipinski definition) is 5. The van der Waals surface area contributed by atoms with Gasteiger partial charge in [-0.05, 0) is 24.3 Å². The van der Waals surface area contributed by atoms with Crippen LogP contribution in [-0.2, 0) is 10.5 Å². The fourth-order valence-corrected chi connectivity index (χ4v) is 2.17. The van der Waals surface area contributed by atoms with Gasteiger partial charge in [0.25, 0.3) is 0 Å². The van der Waals surface area contributed by atoms with E-state index in [1.165, 1.54) is 0 Å². The molecule has 1 heterocycles.